The molecule has 2 N–H and O–H groups in total. The molecule has 0 aliphatic heterocycles. The van der Waals surface area contributed by atoms with Gasteiger partial charge in [-0.1, -0.05) is 32.6 Å². The lowest BCUT2D eigenvalue weighted by molar-refractivity contribution is -0.127. The molecule has 0 radical (unpaired) electrons. The molecule has 2 rings (SSSR count). The Hall–Kier alpha value is -1.29. The number of aliphatic hydroxyl groups is 1. The van der Waals surface area contributed by atoms with E-state index >= 15 is 0 Å². The lowest BCUT2D eigenvalue weighted by atomic mass is 9.90. The van der Waals surface area contributed by atoms with Crippen molar-refractivity contribution >= 4 is 5.91 Å². The molecular formula is C17H27NO3. The first-order chi connectivity index (χ1) is 10.0. The fraction of sp³-hybridized carbons (Fsp3) is 0.706. The third-order valence-corrected chi connectivity index (χ3v) is 4.62. The molecule has 0 bridgehead atoms. The summed E-state index contributed by atoms with van der Waals surface area (Å²) < 4.78 is 5.22. The van der Waals surface area contributed by atoms with Crippen molar-refractivity contribution in [1.29, 1.82) is 0 Å². The molecule has 118 valence electrons. The van der Waals surface area contributed by atoms with Crippen molar-refractivity contribution in [3.8, 4) is 0 Å². The van der Waals surface area contributed by atoms with E-state index < -0.39 is 5.60 Å². The lowest BCUT2D eigenvalue weighted by Gasteiger charge is -2.24. The molecule has 2 atom stereocenters. The summed E-state index contributed by atoms with van der Waals surface area (Å²) in [6.45, 7) is 3.90. The van der Waals surface area contributed by atoms with Gasteiger partial charge in [0.2, 0.25) is 5.91 Å². The van der Waals surface area contributed by atoms with Gasteiger partial charge in [0.1, 0.15) is 11.4 Å². The van der Waals surface area contributed by atoms with Gasteiger partial charge in [-0.3, -0.25) is 4.79 Å². The van der Waals surface area contributed by atoms with Crippen LogP contribution in [0.3, 0.4) is 0 Å². The molecule has 1 fully saturated rings. The van der Waals surface area contributed by atoms with Crippen LogP contribution in [-0.2, 0) is 10.4 Å². The van der Waals surface area contributed by atoms with E-state index in [0.29, 0.717) is 11.7 Å². The van der Waals surface area contributed by atoms with E-state index in [-0.39, 0.29) is 18.4 Å². The van der Waals surface area contributed by atoms with Gasteiger partial charge in [0.15, 0.2) is 0 Å². The Labute approximate surface area is 126 Å². The average Bonchev–Trinajstić information content (AvgIpc) is 3.14. The minimum atomic E-state index is -1.16. The second-order valence-corrected chi connectivity index (χ2v) is 6.46. The van der Waals surface area contributed by atoms with E-state index in [2.05, 4.69) is 12.2 Å². The molecule has 4 nitrogen and oxygen atoms in total. The van der Waals surface area contributed by atoms with Crippen LogP contribution in [0.5, 0.6) is 0 Å². The maximum Gasteiger partial charge on any atom is 0.223 e. The van der Waals surface area contributed by atoms with E-state index in [0.717, 1.165) is 12.8 Å². The second-order valence-electron chi connectivity index (χ2n) is 6.46. The number of hydrogen-bond donors (Lipinski definition) is 2. The number of furan rings is 1. The molecule has 1 heterocycles. The largest absolute Gasteiger partial charge is 0.466 e. The predicted octanol–water partition coefficient (Wildman–Crippen LogP) is 3.21. The number of carbonyl (C=O) groups excluding carboxylic acids is 1. The summed E-state index contributed by atoms with van der Waals surface area (Å²) in [5, 5.41) is 13.2. The van der Waals surface area contributed by atoms with Crippen LogP contribution >= 0.6 is 0 Å². The second kappa shape index (κ2) is 7.12. The average molecular weight is 293 g/mol. The molecule has 1 amide bonds. The Morgan fingerprint density at radius 2 is 2.24 bits per heavy atom. The SMILES string of the molecule is CCC(CC1CCCC1)C(=O)NCC(C)(O)c1ccco1. The molecule has 2 unspecified atom stereocenters. The first-order valence-corrected chi connectivity index (χ1v) is 8.07. The summed E-state index contributed by atoms with van der Waals surface area (Å²) in [7, 11) is 0. The van der Waals surface area contributed by atoms with Crippen molar-refractivity contribution in [3.05, 3.63) is 24.2 Å². The zero-order chi connectivity index (χ0) is 15.3. The quantitative estimate of drug-likeness (QED) is 0.811. The Kier molecular flexibility index (Phi) is 5.45. The Balaban J connectivity index is 1.84. The summed E-state index contributed by atoms with van der Waals surface area (Å²) in [6.07, 6.45) is 8.48. The zero-order valence-corrected chi connectivity index (χ0v) is 13.1. The van der Waals surface area contributed by atoms with Gasteiger partial charge in [0.05, 0.1) is 12.8 Å². The molecule has 0 spiro atoms. The van der Waals surface area contributed by atoms with Gasteiger partial charge < -0.3 is 14.8 Å². The van der Waals surface area contributed by atoms with Crippen LogP contribution in [0.1, 0.15) is 58.1 Å². The molecule has 1 aliphatic carbocycles. The van der Waals surface area contributed by atoms with E-state index in [9.17, 15) is 9.90 Å². The monoisotopic (exact) mass is 293 g/mol. The van der Waals surface area contributed by atoms with Gasteiger partial charge in [-0.15, -0.1) is 0 Å². The highest BCUT2D eigenvalue weighted by atomic mass is 16.4. The first kappa shape index (κ1) is 16.1. The van der Waals surface area contributed by atoms with Gasteiger partial charge in [-0.2, -0.15) is 0 Å². The highest BCUT2D eigenvalue weighted by Gasteiger charge is 2.29. The highest BCUT2D eigenvalue weighted by molar-refractivity contribution is 5.78. The van der Waals surface area contributed by atoms with Gasteiger partial charge in [-0.05, 0) is 37.8 Å². The normalized spacial score (nSPS) is 20.1. The minimum Gasteiger partial charge on any atom is -0.466 e. The maximum atomic E-state index is 12.3. The molecule has 0 aromatic carbocycles. The summed E-state index contributed by atoms with van der Waals surface area (Å²) in [5.74, 6) is 1.29. The topological polar surface area (TPSA) is 62.5 Å². The fourth-order valence-electron chi connectivity index (χ4n) is 3.18. The van der Waals surface area contributed by atoms with Crippen LogP contribution in [-0.4, -0.2) is 17.6 Å². The summed E-state index contributed by atoms with van der Waals surface area (Å²) in [4.78, 5) is 12.3. The van der Waals surface area contributed by atoms with Crippen molar-refractivity contribution < 1.29 is 14.3 Å². The summed E-state index contributed by atoms with van der Waals surface area (Å²) >= 11 is 0. The third-order valence-electron chi connectivity index (χ3n) is 4.62. The molecule has 0 saturated heterocycles. The zero-order valence-electron chi connectivity index (χ0n) is 13.1. The number of nitrogens with one attached hydrogen (secondary N) is 1. The highest BCUT2D eigenvalue weighted by Crippen LogP contribution is 2.31. The molecule has 1 aliphatic rings. The van der Waals surface area contributed by atoms with Crippen LogP contribution in [0, 0.1) is 11.8 Å². The van der Waals surface area contributed by atoms with Crippen molar-refractivity contribution in [2.45, 2.75) is 58.0 Å². The smallest absolute Gasteiger partial charge is 0.223 e. The van der Waals surface area contributed by atoms with Gasteiger partial charge in [0.25, 0.3) is 0 Å². The standard InChI is InChI=1S/C17H27NO3/c1-3-14(11-13-7-4-5-8-13)16(19)18-12-17(2,20)15-9-6-10-21-15/h6,9-10,13-14,20H,3-5,7-8,11-12H2,1-2H3,(H,18,19). The molecule has 4 heteroatoms. The van der Waals surface area contributed by atoms with Crippen LogP contribution < -0.4 is 5.32 Å². The number of amides is 1. The van der Waals surface area contributed by atoms with Gasteiger partial charge >= 0.3 is 0 Å². The van der Waals surface area contributed by atoms with Crippen molar-refractivity contribution in [2.75, 3.05) is 6.54 Å². The Morgan fingerprint density at radius 1 is 1.52 bits per heavy atom. The molecule has 1 saturated carbocycles. The molecule has 21 heavy (non-hydrogen) atoms. The van der Waals surface area contributed by atoms with Crippen LogP contribution in [0.2, 0.25) is 0 Å². The van der Waals surface area contributed by atoms with Gasteiger partial charge in [0, 0.05) is 5.92 Å². The molecular weight excluding hydrogens is 266 g/mol. The van der Waals surface area contributed by atoms with Crippen molar-refractivity contribution in [2.24, 2.45) is 11.8 Å². The molecule has 1 aromatic rings. The maximum absolute atomic E-state index is 12.3. The number of rotatable bonds is 7. The lowest BCUT2D eigenvalue weighted by Crippen LogP contribution is -2.41. The van der Waals surface area contributed by atoms with E-state index in [4.69, 9.17) is 4.42 Å². The summed E-state index contributed by atoms with van der Waals surface area (Å²) in [5.41, 5.74) is -1.16. The Morgan fingerprint density at radius 3 is 2.81 bits per heavy atom. The number of carbonyl (C=O) groups is 1. The van der Waals surface area contributed by atoms with E-state index in [1.807, 2.05) is 0 Å². The van der Waals surface area contributed by atoms with Gasteiger partial charge in [-0.25, -0.2) is 0 Å². The predicted molar refractivity (Wildman–Crippen MR) is 81.6 cm³/mol. The summed E-state index contributed by atoms with van der Waals surface area (Å²) in [6, 6.07) is 3.46. The van der Waals surface area contributed by atoms with E-state index in [1.54, 1.807) is 19.1 Å². The minimum absolute atomic E-state index is 0.0521. The molecule has 1 aromatic heterocycles. The van der Waals surface area contributed by atoms with Crippen LogP contribution in [0.4, 0.5) is 0 Å². The third kappa shape index (κ3) is 4.34. The Bertz CT molecular complexity index is 433. The first-order valence-electron chi connectivity index (χ1n) is 8.07. The van der Waals surface area contributed by atoms with Crippen molar-refractivity contribution in [1.82, 2.24) is 5.32 Å². The van der Waals surface area contributed by atoms with E-state index in [1.165, 1.54) is 31.9 Å². The van der Waals surface area contributed by atoms with Crippen LogP contribution in [0.15, 0.2) is 22.8 Å². The van der Waals surface area contributed by atoms with Crippen molar-refractivity contribution in [3.63, 3.8) is 0 Å². The number of hydrogen-bond acceptors (Lipinski definition) is 3. The fourth-order valence-corrected chi connectivity index (χ4v) is 3.18. The van der Waals surface area contributed by atoms with Crippen LogP contribution in [0.25, 0.3) is 0 Å².